The zero-order valence-electron chi connectivity index (χ0n) is 17.0. The molecule has 1 heterocycles. The highest BCUT2D eigenvalue weighted by Crippen LogP contribution is 2.47. The molecular weight excluding hydrogens is 350 g/mol. The molecule has 3 atom stereocenters. The van der Waals surface area contributed by atoms with E-state index in [0.717, 1.165) is 19.3 Å². The molecule has 0 N–H and O–H groups in total. The van der Waals surface area contributed by atoms with Gasteiger partial charge >= 0.3 is 0 Å². The van der Waals surface area contributed by atoms with Crippen molar-refractivity contribution in [2.75, 3.05) is 0 Å². The largest absolute Gasteiger partial charge is 0.280 e. The van der Waals surface area contributed by atoms with Crippen LogP contribution in [0.15, 0.2) is 102 Å². The second kappa shape index (κ2) is 7.83. The van der Waals surface area contributed by atoms with Crippen LogP contribution >= 0.6 is 0 Å². The second-order valence-corrected chi connectivity index (χ2v) is 8.43. The smallest absolute Gasteiger partial charge is 0.0821 e. The zero-order valence-corrected chi connectivity index (χ0v) is 17.0. The Bertz CT molecular complexity index is 1030. The number of rotatable bonds is 4. The number of allylic oxidation sites excluding steroid dienone is 1. The lowest BCUT2D eigenvalue weighted by atomic mass is 9.83. The molecule has 1 heteroatoms. The lowest BCUT2D eigenvalue weighted by Crippen LogP contribution is -2.10. The molecular formula is C28H27N. The molecule has 0 spiro atoms. The predicted octanol–water partition coefficient (Wildman–Crippen LogP) is 7.05. The van der Waals surface area contributed by atoms with Gasteiger partial charge in [0.2, 0.25) is 0 Å². The molecule has 1 aliphatic carbocycles. The van der Waals surface area contributed by atoms with Crippen LogP contribution in [0.1, 0.15) is 53.5 Å². The van der Waals surface area contributed by atoms with E-state index in [-0.39, 0.29) is 6.04 Å². The first-order chi connectivity index (χ1) is 14.3. The first-order valence-electron chi connectivity index (χ1n) is 10.7. The van der Waals surface area contributed by atoms with Crippen LogP contribution in [0.4, 0.5) is 0 Å². The molecule has 0 radical (unpaired) electrons. The van der Waals surface area contributed by atoms with E-state index in [9.17, 15) is 0 Å². The summed E-state index contributed by atoms with van der Waals surface area (Å²) in [6.45, 7) is 2.16. The van der Waals surface area contributed by atoms with Crippen molar-refractivity contribution in [1.82, 2.24) is 0 Å². The molecule has 3 unspecified atom stereocenters. The second-order valence-electron chi connectivity index (χ2n) is 8.43. The topological polar surface area (TPSA) is 12.4 Å². The average Bonchev–Trinajstić information content (AvgIpc) is 3.43. The van der Waals surface area contributed by atoms with E-state index in [0.29, 0.717) is 11.8 Å². The van der Waals surface area contributed by atoms with E-state index < -0.39 is 0 Å². The molecule has 1 aliphatic heterocycles. The van der Waals surface area contributed by atoms with Crippen molar-refractivity contribution in [3.63, 3.8) is 0 Å². The Morgan fingerprint density at radius 2 is 1.41 bits per heavy atom. The molecule has 0 aromatic heterocycles. The summed E-state index contributed by atoms with van der Waals surface area (Å²) < 4.78 is 0. The van der Waals surface area contributed by atoms with Crippen molar-refractivity contribution in [1.29, 1.82) is 0 Å². The standard InChI is InChI=1S/C28H27N/c1-20-12-14-21(15-13-20)24-16-17-25(18-24)26-19-27(22-8-4-2-5-9-22)29-28(26)23-10-6-3-7-11-23/h2-15,17,24,26,28H,16,18-19H2,1H3. The van der Waals surface area contributed by atoms with Crippen LogP contribution in [0.2, 0.25) is 0 Å². The van der Waals surface area contributed by atoms with E-state index in [4.69, 9.17) is 4.99 Å². The minimum Gasteiger partial charge on any atom is -0.280 e. The number of benzene rings is 3. The highest BCUT2D eigenvalue weighted by Gasteiger charge is 2.36. The van der Waals surface area contributed by atoms with Crippen LogP contribution in [0.5, 0.6) is 0 Å². The first-order valence-corrected chi connectivity index (χ1v) is 10.7. The molecule has 0 saturated carbocycles. The molecule has 2 aliphatic rings. The Labute approximate surface area is 173 Å². The average molecular weight is 378 g/mol. The van der Waals surface area contributed by atoms with Gasteiger partial charge in [0, 0.05) is 11.6 Å². The number of nitrogens with zero attached hydrogens (tertiary/aromatic N) is 1. The van der Waals surface area contributed by atoms with Gasteiger partial charge in [-0.25, -0.2) is 0 Å². The molecule has 29 heavy (non-hydrogen) atoms. The van der Waals surface area contributed by atoms with Gasteiger partial charge in [-0.05, 0) is 48.8 Å². The Morgan fingerprint density at radius 1 is 0.724 bits per heavy atom. The van der Waals surface area contributed by atoms with Gasteiger partial charge in [-0.3, -0.25) is 4.99 Å². The summed E-state index contributed by atoms with van der Waals surface area (Å²) in [5.41, 5.74) is 8.26. The van der Waals surface area contributed by atoms with Gasteiger partial charge in [0.25, 0.3) is 0 Å². The summed E-state index contributed by atoms with van der Waals surface area (Å²) in [5.74, 6) is 1.09. The minimum absolute atomic E-state index is 0.231. The molecule has 0 bridgehead atoms. The summed E-state index contributed by atoms with van der Waals surface area (Å²) in [6, 6.07) is 30.9. The van der Waals surface area contributed by atoms with E-state index in [1.807, 2.05) is 0 Å². The van der Waals surface area contributed by atoms with Crippen molar-refractivity contribution in [3.8, 4) is 0 Å². The molecule has 0 fully saturated rings. The SMILES string of the molecule is Cc1ccc(C2CC=C(C3CC(c4ccccc4)=NC3c3ccccc3)C2)cc1. The number of hydrogen-bond acceptors (Lipinski definition) is 1. The molecule has 144 valence electrons. The molecule has 0 amide bonds. The lowest BCUT2D eigenvalue weighted by molar-refractivity contribution is 0.530. The van der Waals surface area contributed by atoms with Crippen LogP contribution in [0.25, 0.3) is 0 Å². The van der Waals surface area contributed by atoms with Gasteiger partial charge in [0.1, 0.15) is 0 Å². The van der Waals surface area contributed by atoms with Crippen LogP contribution < -0.4 is 0 Å². The fourth-order valence-corrected chi connectivity index (χ4v) is 4.88. The minimum atomic E-state index is 0.231. The Hall–Kier alpha value is -2.93. The maximum Gasteiger partial charge on any atom is 0.0821 e. The summed E-state index contributed by atoms with van der Waals surface area (Å²) in [4.78, 5) is 5.24. The van der Waals surface area contributed by atoms with Crippen LogP contribution in [0, 0.1) is 12.8 Å². The fourth-order valence-electron chi connectivity index (χ4n) is 4.88. The molecule has 0 saturated heterocycles. The molecule has 1 nitrogen and oxygen atoms in total. The third kappa shape index (κ3) is 3.70. The fraction of sp³-hybridized carbons (Fsp3) is 0.250. The van der Waals surface area contributed by atoms with Gasteiger partial charge in [0.05, 0.1) is 6.04 Å². The molecule has 5 rings (SSSR count). The molecule has 3 aromatic rings. The van der Waals surface area contributed by atoms with Crippen molar-refractivity contribution < 1.29 is 0 Å². The highest BCUT2D eigenvalue weighted by atomic mass is 14.9. The predicted molar refractivity (Wildman–Crippen MR) is 122 cm³/mol. The molecule has 3 aromatic carbocycles. The maximum atomic E-state index is 5.24. The first kappa shape index (κ1) is 18.1. The number of hydrogen-bond donors (Lipinski definition) is 0. The van der Waals surface area contributed by atoms with E-state index in [1.54, 1.807) is 5.57 Å². The van der Waals surface area contributed by atoms with E-state index >= 15 is 0 Å². The third-order valence-corrected chi connectivity index (χ3v) is 6.51. The monoisotopic (exact) mass is 377 g/mol. The summed E-state index contributed by atoms with van der Waals surface area (Å²) in [5, 5.41) is 0. The van der Waals surface area contributed by atoms with Crippen molar-refractivity contribution in [2.24, 2.45) is 10.9 Å². The Balaban J connectivity index is 1.42. The zero-order chi connectivity index (χ0) is 19.6. The summed E-state index contributed by atoms with van der Waals surface area (Å²) in [7, 11) is 0. The maximum absolute atomic E-state index is 5.24. The number of aliphatic imine (C=N–C) groups is 1. The summed E-state index contributed by atoms with van der Waals surface area (Å²) >= 11 is 0. The van der Waals surface area contributed by atoms with Crippen LogP contribution in [-0.4, -0.2) is 5.71 Å². The lowest BCUT2D eigenvalue weighted by Gasteiger charge is -2.21. The Morgan fingerprint density at radius 3 is 2.14 bits per heavy atom. The van der Waals surface area contributed by atoms with Gasteiger partial charge in [-0.15, -0.1) is 0 Å². The van der Waals surface area contributed by atoms with Crippen LogP contribution in [0.3, 0.4) is 0 Å². The van der Waals surface area contributed by atoms with Gasteiger partial charge in [-0.1, -0.05) is 102 Å². The van der Waals surface area contributed by atoms with Crippen molar-refractivity contribution >= 4 is 5.71 Å². The van der Waals surface area contributed by atoms with Gasteiger partial charge in [0.15, 0.2) is 0 Å². The quantitative estimate of drug-likeness (QED) is 0.432. The van der Waals surface area contributed by atoms with E-state index in [2.05, 4.69) is 97.9 Å². The number of aryl methyl sites for hydroxylation is 1. The van der Waals surface area contributed by atoms with E-state index in [1.165, 1.54) is 28.0 Å². The normalized spacial score (nSPS) is 23.7. The van der Waals surface area contributed by atoms with Crippen molar-refractivity contribution in [2.45, 2.75) is 38.1 Å². The van der Waals surface area contributed by atoms with Gasteiger partial charge in [-0.2, -0.15) is 0 Å². The highest BCUT2D eigenvalue weighted by molar-refractivity contribution is 6.02. The van der Waals surface area contributed by atoms with Crippen molar-refractivity contribution in [3.05, 3.63) is 119 Å². The van der Waals surface area contributed by atoms with Crippen LogP contribution in [-0.2, 0) is 0 Å². The Kier molecular flexibility index (Phi) is 4.89. The summed E-state index contributed by atoms with van der Waals surface area (Å²) in [6.07, 6.45) is 5.86. The van der Waals surface area contributed by atoms with Gasteiger partial charge < -0.3 is 0 Å². The third-order valence-electron chi connectivity index (χ3n) is 6.51.